The molecule has 2 rings (SSSR count). The second kappa shape index (κ2) is 5.82. The van der Waals surface area contributed by atoms with Crippen LogP contribution in [0.5, 0.6) is 0 Å². The van der Waals surface area contributed by atoms with Crippen molar-refractivity contribution in [1.29, 1.82) is 0 Å². The first-order valence-corrected chi connectivity index (χ1v) is 6.85. The van der Waals surface area contributed by atoms with Gasteiger partial charge in [0.25, 0.3) is 0 Å². The van der Waals surface area contributed by atoms with Crippen molar-refractivity contribution in [2.75, 3.05) is 6.61 Å². The van der Waals surface area contributed by atoms with E-state index >= 15 is 0 Å². The van der Waals surface area contributed by atoms with Gasteiger partial charge in [0.2, 0.25) is 0 Å². The molecular formula is C12H22N2OS. The predicted octanol–water partition coefficient (Wildman–Crippen LogP) is 1.96. The van der Waals surface area contributed by atoms with Gasteiger partial charge in [-0.3, -0.25) is 0 Å². The van der Waals surface area contributed by atoms with Crippen LogP contribution in [0.4, 0.5) is 0 Å². The number of thiocarbonyl (C=S) groups is 1. The molecule has 3 nitrogen and oxygen atoms in total. The first kappa shape index (κ1) is 12.1. The third-order valence-corrected chi connectivity index (χ3v) is 3.87. The van der Waals surface area contributed by atoms with Gasteiger partial charge >= 0.3 is 0 Å². The Morgan fingerprint density at radius 2 is 1.88 bits per heavy atom. The number of hydrogen-bond acceptors (Lipinski definition) is 2. The zero-order valence-corrected chi connectivity index (χ0v) is 10.8. The maximum Gasteiger partial charge on any atom is 0.166 e. The summed E-state index contributed by atoms with van der Waals surface area (Å²) in [6.45, 7) is 2.96. The molecule has 2 N–H and O–H groups in total. The van der Waals surface area contributed by atoms with Crippen molar-refractivity contribution in [3.05, 3.63) is 0 Å². The average Bonchev–Trinajstić information content (AvgIpc) is 2.66. The monoisotopic (exact) mass is 242 g/mol. The zero-order chi connectivity index (χ0) is 11.4. The minimum Gasteiger partial charge on any atom is -0.376 e. The minimum atomic E-state index is 0.283. The lowest BCUT2D eigenvalue weighted by Crippen LogP contribution is -2.48. The molecule has 0 bridgehead atoms. The van der Waals surface area contributed by atoms with E-state index in [4.69, 9.17) is 17.0 Å². The van der Waals surface area contributed by atoms with Crippen molar-refractivity contribution in [2.24, 2.45) is 0 Å². The highest BCUT2D eigenvalue weighted by molar-refractivity contribution is 7.80. The van der Waals surface area contributed by atoms with Gasteiger partial charge in [0.1, 0.15) is 0 Å². The molecule has 1 saturated heterocycles. The van der Waals surface area contributed by atoms with Gasteiger partial charge in [0.05, 0.1) is 12.1 Å². The first-order chi connectivity index (χ1) is 7.75. The summed E-state index contributed by atoms with van der Waals surface area (Å²) >= 11 is 5.35. The van der Waals surface area contributed by atoms with Crippen LogP contribution in [0, 0.1) is 0 Å². The summed E-state index contributed by atoms with van der Waals surface area (Å²) in [5.41, 5.74) is 0. The molecule has 92 valence electrons. The van der Waals surface area contributed by atoms with E-state index in [2.05, 4.69) is 17.6 Å². The zero-order valence-electron chi connectivity index (χ0n) is 10.00. The molecule has 0 aromatic carbocycles. The Hall–Kier alpha value is -0.350. The number of nitrogens with one attached hydrogen (secondary N) is 2. The summed E-state index contributed by atoms with van der Waals surface area (Å²) < 4.78 is 5.51. The SMILES string of the molecule is CC1OCCC1NC(=S)NC1CCCCC1. The molecule has 16 heavy (non-hydrogen) atoms. The van der Waals surface area contributed by atoms with Gasteiger partial charge in [-0.2, -0.15) is 0 Å². The molecule has 0 radical (unpaired) electrons. The summed E-state index contributed by atoms with van der Waals surface area (Å²) in [7, 11) is 0. The second-order valence-electron chi connectivity index (χ2n) is 4.92. The number of ether oxygens (including phenoxy) is 1. The van der Waals surface area contributed by atoms with Crippen LogP contribution in [-0.2, 0) is 4.74 Å². The Labute approximate surface area is 103 Å². The van der Waals surface area contributed by atoms with Crippen LogP contribution in [0.3, 0.4) is 0 Å². The molecular weight excluding hydrogens is 220 g/mol. The quantitative estimate of drug-likeness (QED) is 0.725. The fourth-order valence-electron chi connectivity index (χ4n) is 2.56. The van der Waals surface area contributed by atoms with Crippen LogP contribution in [0.25, 0.3) is 0 Å². The van der Waals surface area contributed by atoms with Crippen molar-refractivity contribution < 1.29 is 4.74 Å². The highest BCUT2D eigenvalue weighted by atomic mass is 32.1. The van der Waals surface area contributed by atoms with Crippen molar-refractivity contribution in [1.82, 2.24) is 10.6 Å². The highest BCUT2D eigenvalue weighted by Crippen LogP contribution is 2.17. The molecule has 2 unspecified atom stereocenters. The predicted molar refractivity (Wildman–Crippen MR) is 69.6 cm³/mol. The maximum atomic E-state index is 5.51. The Balaban J connectivity index is 1.70. The van der Waals surface area contributed by atoms with Crippen molar-refractivity contribution in [2.45, 2.75) is 63.6 Å². The molecule has 1 aliphatic heterocycles. The maximum absolute atomic E-state index is 5.51. The molecule has 0 aromatic heterocycles. The largest absolute Gasteiger partial charge is 0.376 e. The van der Waals surface area contributed by atoms with Crippen LogP contribution < -0.4 is 10.6 Å². The van der Waals surface area contributed by atoms with E-state index in [0.29, 0.717) is 12.1 Å². The molecule has 1 heterocycles. The van der Waals surface area contributed by atoms with Crippen molar-refractivity contribution in [3.63, 3.8) is 0 Å². The van der Waals surface area contributed by atoms with E-state index in [1.165, 1.54) is 32.1 Å². The van der Waals surface area contributed by atoms with Crippen LogP contribution >= 0.6 is 12.2 Å². The van der Waals surface area contributed by atoms with E-state index in [1.807, 2.05) is 0 Å². The molecule has 4 heteroatoms. The van der Waals surface area contributed by atoms with Crippen LogP contribution in [-0.4, -0.2) is 29.9 Å². The van der Waals surface area contributed by atoms with E-state index in [0.717, 1.165) is 18.1 Å². The second-order valence-corrected chi connectivity index (χ2v) is 5.33. The summed E-state index contributed by atoms with van der Waals surface area (Å²) in [6.07, 6.45) is 7.93. The average molecular weight is 242 g/mol. The topological polar surface area (TPSA) is 33.3 Å². The van der Waals surface area contributed by atoms with Crippen molar-refractivity contribution in [3.8, 4) is 0 Å². The molecule has 0 amide bonds. The van der Waals surface area contributed by atoms with Gasteiger partial charge in [0, 0.05) is 12.6 Å². The Bertz CT molecular complexity index is 241. The first-order valence-electron chi connectivity index (χ1n) is 6.44. The van der Waals surface area contributed by atoms with Gasteiger partial charge in [-0.25, -0.2) is 0 Å². The Morgan fingerprint density at radius 3 is 2.50 bits per heavy atom. The molecule has 2 atom stereocenters. The lowest BCUT2D eigenvalue weighted by molar-refractivity contribution is 0.116. The Kier molecular flexibility index (Phi) is 4.41. The normalized spacial score (nSPS) is 31.3. The lowest BCUT2D eigenvalue weighted by Gasteiger charge is -2.26. The molecule has 1 aliphatic carbocycles. The van der Waals surface area contributed by atoms with Crippen LogP contribution in [0.1, 0.15) is 45.4 Å². The summed E-state index contributed by atoms with van der Waals surface area (Å²) in [5, 5.41) is 7.62. The molecule has 2 fully saturated rings. The third-order valence-electron chi connectivity index (χ3n) is 3.63. The van der Waals surface area contributed by atoms with Gasteiger partial charge in [-0.15, -0.1) is 0 Å². The van der Waals surface area contributed by atoms with Crippen molar-refractivity contribution >= 4 is 17.3 Å². The number of hydrogen-bond donors (Lipinski definition) is 2. The Morgan fingerprint density at radius 1 is 1.12 bits per heavy atom. The van der Waals surface area contributed by atoms with Gasteiger partial charge in [-0.1, -0.05) is 19.3 Å². The van der Waals surface area contributed by atoms with E-state index in [-0.39, 0.29) is 6.10 Å². The molecule has 2 aliphatic rings. The molecule has 1 saturated carbocycles. The fourth-order valence-corrected chi connectivity index (χ4v) is 2.88. The number of rotatable bonds is 2. The van der Waals surface area contributed by atoms with E-state index in [9.17, 15) is 0 Å². The summed E-state index contributed by atoms with van der Waals surface area (Å²) in [5.74, 6) is 0. The fraction of sp³-hybridized carbons (Fsp3) is 0.917. The summed E-state index contributed by atoms with van der Waals surface area (Å²) in [4.78, 5) is 0. The minimum absolute atomic E-state index is 0.283. The summed E-state index contributed by atoms with van der Waals surface area (Å²) in [6, 6.07) is 0.981. The van der Waals surface area contributed by atoms with Crippen LogP contribution in [0.2, 0.25) is 0 Å². The highest BCUT2D eigenvalue weighted by Gasteiger charge is 2.25. The third kappa shape index (κ3) is 3.32. The lowest BCUT2D eigenvalue weighted by atomic mass is 9.96. The standard InChI is InChI=1S/C12H22N2OS/c1-9-11(7-8-15-9)14-12(16)13-10-5-3-2-4-6-10/h9-11H,2-8H2,1H3,(H2,13,14,16). The molecule has 0 spiro atoms. The van der Waals surface area contributed by atoms with Gasteiger partial charge in [-0.05, 0) is 38.4 Å². The van der Waals surface area contributed by atoms with Crippen LogP contribution in [0.15, 0.2) is 0 Å². The van der Waals surface area contributed by atoms with E-state index in [1.54, 1.807) is 0 Å². The van der Waals surface area contributed by atoms with Gasteiger partial charge in [0.15, 0.2) is 5.11 Å². The van der Waals surface area contributed by atoms with E-state index < -0.39 is 0 Å². The van der Waals surface area contributed by atoms with Gasteiger partial charge < -0.3 is 15.4 Å². The molecule has 0 aromatic rings. The smallest absolute Gasteiger partial charge is 0.166 e.